The highest BCUT2D eigenvalue weighted by atomic mass is 32.2. The first-order valence-corrected chi connectivity index (χ1v) is 10.9. The van der Waals surface area contributed by atoms with Gasteiger partial charge in [0.15, 0.2) is 5.13 Å². The van der Waals surface area contributed by atoms with Crippen LogP contribution < -0.4 is 5.32 Å². The third-order valence-corrected chi connectivity index (χ3v) is 7.46. The zero-order valence-electron chi connectivity index (χ0n) is 15.5. The molecule has 11 heteroatoms. The number of fused-ring (bicyclic) bond motifs is 2. The second-order valence-corrected chi connectivity index (χ2v) is 9.90. The van der Waals surface area contributed by atoms with Crippen molar-refractivity contribution < 1.29 is 13.2 Å². The summed E-state index contributed by atoms with van der Waals surface area (Å²) in [5.74, 6) is -0.202. The molecular weight excluding hydrogens is 400 g/mol. The predicted molar refractivity (Wildman–Crippen MR) is 107 cm³/mol. The Morgan fingerprint density at radius 1 is 1.32 bits per heavy atom. The lowest BCUT2D eigenvalue weighted by Crippen LogP contribution is -2.42. The first-order valence-electron chi connectivity index (χ1n) is 8.70. The molecule has 1 aromatic carbocycles. The molecule has 9 nitrogen and oxygen atoms in total. The van der Waals surface area contributed by atoms with Gasteiger partial charge in [0.05, 0.1) is 29.6 Å². The van der Waals surface area contributed by atoms with Crippen LogP contribution in [0.1, 0.15) is 10.6 Å². The summed E-state index contributed by atoms with van der Waals surface area (Å²) in [5, 5.41) is 3.31. The van der Waals surface area contributed by atoms with Gasteiger partial charge >= 0.3 is 0 Å². The van der Waals surface area contributed by atoms with E-state index in [1.54, 1.807) is 10.9 Å². The van der Waals surface area contributed by atoms with Gasteiger partial charge in [0.1, 0.15) is 6.54 Å². The molecule has 28 heavy (non-hydrogen) atoms. The Morgan fingerprint density at radius 2 is 2.11 bits per heavy atom. The van der Waals surface area contributed by atoms with Crippen molar-refractivity contribution in [2.24, 2.45) is 0 Å². The molecule has 0 unspecified atom stereocenters. The molecular formula is C17H20N6O3S2. The molecule has 1 amide bonds. The quantitative estimate of drug-likeness (QED) is 0.671. The fourth-order valence-corrected chi connectivity index (χ4v) is 5.30. The van der Waals surface area contributed by atoms with Gasteiger partial charge in [-0.2, -0.15) is 17.0 Å². The molecule has 0 saturated carbocycles. The Hall–Kier alpha value is -2.34. The fourth-order valence-electron chi connectivity index (χ4n) is 3.10. The molecule has 0 saturated heterocycles. The summed E-state index contributed by atoms with van der Waals surface area (Å²) in [7, 11) is -0.430. The van der Waals surface area contributed by atoms with Crippen molar-refractivity contribution in [3.8, 4) is 0 Å². The van der Waals surface area contributed by atoms with Crippen LogP contribution in [0.4, 0.5) is 5.13 Å². The first-order chi connectivity index (χ1) is 13.3. The Kier molecular flexibility index (Phi) is 4.91. The standard InChI is InChI=1S/C17H20N6O3S2/c1-21(2)28(25,26)23-8-7-13-15(9-23)27-17(19-13)20-16(24)10-22-11-18-12-5-3-4-6-14(12)22/h3-6,11H,7-10H2,1-2H3,(H,19,20,24). The molecule has 0 radical (unpaired) electrons. The Labute approximate surface area is 166 Å². The monoisotopic (exact) mass is 420 g/mol. The van der Waals surface area contributed by atoms with Gasteiger partial charge in [-0.1, -0.05) is 12.1 Å². The highest BCUT2D eigenvalue weighted by Crippen LogP contribution is 2.29. The molecule has 3 heterocycles. The van der Waals surface area contributed by atoms with Crippen LogP contribution in [0, 0.1) is 0 Å². The van der Waals surface area contributed by atoms with E-state index in [4.69, 9.17) is 0 Å². The second kappa shape index (κ2) is 7.24. The third-order valence-electron chi connectivity index (χ3n) is 4.57. The molecule has 1 N–H and O–H groups in total. The molecule has 0 spiro atoms. The Bertz CT molecular complexity index is 1130. The minimum absolute atomic E-state index is 0.131. The normalized spacial score (nSPS) is 15.1. The minimum Gasteiger partial charge on any atom is -0.321 e. The third kappa shape index (κ3) is 3.53. The number of nitrogens with zero attached hydrogens (tertiary/aromatic N) is 5. The molecule has 1 aliphatic heterocycles. The van der Waals surface area contributed by atoms with Gasteiger partial charge in [0.2, 0.25) is 5.91 Å². The minimum atomic E-state index is -3.46. The van der Waals surface area contributed by atoms with Gasteiger partial charge in [-0.25, -0.2) is 9.97 Å². The van der Waals surface area contributed by atoms with Gasteiger partial charge in [-0.15, -0.1) is 11.3 Å². The lowest BCUT2D eigenvalue weighted by molar-refractivity contribution is -0.116. The number of carbonyl (C=O) groups excluding carboxylic acids is 1. The van der Waals surface area contributed by atoms with Crippen LogP contribution in [0.2, 0.25) is 0 Å². The zero-order valence-corrected chi connectivity index (χ0v) is 17.1. The lowest BCUT2D eigenvalue weighted by Gasteiger charge is -2.27. The molecule has 148 valence electrons. The summed E-state index contributed by atoms with van der Waals surface area (Å²) in [6.07, 6.45) is 2.17. The van der Waals surface area contributed by atoms with Crippen molar-refractivity contribution >= 4 is 43.6 Å². The summed E-state index contributed by atoms with van der Waals surface area (Å²) >= 11 is 1.32. The number of hydrogen-bond acceptors (Lipinski definition) is 6. The molecule has 2 aromatic heterocycles. The smallest absolute Gasteiger partial charge is 0.281 e. The van der Waals surface area contributed by atoms with Gasteiger partial charge in [-0.05, 0) is 12.1 Å². The number of thiazole rings is 1. The maximum atomic E-state index is 12.4. The number of amides is 1. The second-order valence-electron chi connectivity index (χ2n) is 6.67. The van der Waals surface area contributed by atoms with Gasteiger partial charge in [-0.3, -0.25) is 4.79 Å². The van der Waals surface area contributed by atoms with Crippen molar-refractivity contribution in [3.05, 3.63) is 41.2 Å². The van der Waals surface area contributed by atoms with Crippen molar-refractivity contribution in [1.29, 1.82) is 0 Å². The topological polar surface area (TPSA) is 100 Å². The maximum absolute atomic E-state index is 12.4. The molecule has 1 aliphatic rings. The van der Waals surface area contributed by atoms with Gasteiger partial charge < -0.3 is 9.88 Å². The summed E-state index contributed by atoms with van der Waals surface area (Å²) in [6, 6.07) is 7.62. The molecule has 0 atom stereocenters. The van der Waals surface area contributed by atoms with E-state index >= 15 is 0 Å². The largest absolute Gasteiger partial charge is 0.321 e. The fraction of sp³-hybridized carbons (Fsp3) is 0.353. The van der Waals surface area contributed by atoms with E-state index < -0.39 is 10.2 Å². The van der Waals surface area contributed by atoms with E-state index in [2.05, 4.69) is 15.3 Å². The molecule has 0 aliphatic carbocycles. The molecule has 3 aromatic rings. The summed E-state index contributed by atoms with van der Waals surface area (Å²) in [6.45, 7) is 0.785. The average molecular weight is 421 g/mol. The lowest BCUT2D eigenvalue weighted by atomic mass is 10.2. The van der Waals surface area contributed by atoms with Crippen molar-refractivity contribution in [1.82, 2.24) is 23.1 Å². The van der Waals surface area contributed by atoms with Crippen molar-refractivity contribution in [3.63, 3.8) is 0 Å². The predicted octanol–water partition coefficient (Wildman–Crippen LogP) is 1.30. The van der Waals surface area contributed by atoms with E-state index in [1.807, 2.05) is 24.3 Å². The van der Waals surface area contributed by atoms with Crippen molar-refractivity contribution in [2.75, 3.05) is 26.0 Å². The van der Waals surface area contributed by atoms with Crippen molar-refractivity contribution in [2.45, 2.75) is 19.5 Å². The van der Waals surface area contributed by atoms with Crippen LogP contribution in [0.5, 0.6) is 0 Å². The van der Waals surface area contributed by atoms with Crippen LogP contribution in [0.3, 0.4) is 0 Å². The first kappa shape index (κ1) is 19.0. The average Bonchev–Trinajstić information content (AvgIpc) is 3.24. The summed E-state index contributed by atoms with van der Waals surface area (Å²) in [4.78, 5) is 22.1. The highest BCUT2D eigenvalue weighted by Gasteiger charge is 2.30. The number of benzene rings is 1. The highest BCUT2D eigenvalue weighted by molar-refractivity contribution is 7.86. The molecule has 4 rings (SSSR count). The van der Waals surface area contributed by atoms with E-state index in [1.165, 1.54) is 34.0 Å². The SMILES string of the molecule is CN(C)S(=O)(=O)N1CCc2nc(NC(=O)Cn3cnc4ccccc43)sc2C1. The van der Waals surface area contributed by atoms with E-state index in [9.17, 15) is 13.2 Å². The van der Waals surface area contributed by atoms with E-state index in [-0.39, 0.29) is 19.0 Å². The molecule has 0 bridgehead atoms. The maximum Gasteiger partial charge on any atom is 0.281 e. The van der Waals surface area contributed by atoms with Crippen LogP contribution in [0.15, 0.2) is 30.6 Å². The number of para-hydroxylation sites is 2. The van der Waals surface area contributed by atoms with Crippen LogP contribution in [-0.2, 0) is 34.5 Å². The summed E-state index contributed by atoms with van der Waals surface area (Å²) < 4.78 is 29.1. The Balaban J connectivity index is 1.46. The number of aromatic nitrogens is 3. The van der Waals surface area contributed by atoms with Crippen LogP contribution in [-0.4, -0.2) is 58.1 Å². The van der Waals surface area contributed by atoms with Gasteiger partial charge in [0, 0.05) is 31.9 Å². The van der Waals surface area contributed by atoms with Gasteiger partial charge in [0.25, 0.3) is 10.2 Å². The number of nitrogens with one attached hydrogen (secondary N) is 1. The zero-order chi connectivity index (χ0) is 19.9. The molecule has 0 fully saturated rings. The van der Waals surface area contributed by atoms with E-state index in [0.717, 1.165) is 21.6 Å². The number of carbonyl (C=O) groups is 1. The van der Waals surface area contributed by atoms with Crippen LogP contribution >= 0.6 is 11.3 Å². The number of rotatable bonds is 5. The summed E-state index contributed by atoms with van der Waals surface area (Å²) in [5.41, 5.74) is 2.57. The number of hydrogen-bond donors (Lipinski definition) is 1. The Morgan fingerprint density at radius 3 is 2.89 bits per heavy atom. The van der Waals surface area contributed by atoms with E-state index in [0.29, 0.717) is 18.1 Å². The number of anilines is 1. The number of imidazole rings is 1. The van der Waals surface area contributed by atoms with Crippen LogP contribution in [0.25, 0.3) is 11.0 Å².